The van der Waals surface area contributed by atoms with E-state index in [0.717, 1.165) is 34.4 Å². The van der Waals surface area contributed by atoms with E-state index in [1.807, 2.05) is 18.2 Å². The van der Waals surface area contributed by atoms with Crippen LogP contribution in [0.1, 0.15) is 12.5 Å². The third-order valence-corrected chi connectivity index (χ3v) is 5.64. The average Bonchev–Trinajstić information content (AvgIpc) is 3.28. The fourth-order valence-corrected chi connectivity index (χ4v) is 3.91. The van der Waals surface area contributed by atoms with E-state index in [4.69, 9.17) is 14.2 Å². The minimum atomic E-state index is -0.242. The fourth-order valence-electron chi connectivity index (χ4n) is 3.91. The SMILES string of the molecule is C=CC(=O)NC1COCC1Nc1ncc2cc(-c3cc(OC)cc(OC)c3CC)ncc2n1. The third kappa shape index (κ3) is 4.73. The van der Waals surface area contributed by atoms with Gasteiger partial charge in [-0.05, 0) is 24.6 Å². The molecule has 2 aromatic heterocycles. The molecule has 0 saturated carbocycles. The van der Waals surface area contributed by atoms with Crippen molar-refractivity contribution in [3.8, 4) is 22.8 Å². The van der Waals surface area contributed by atoms with Gasteiger partial charge >= 0.3 is 0 Å². The number of carbonyl (C=O) groups is 1. The Hall–Kier alpha value is -3.72. The summed E-state index contributed by atoms with van der Waals surface area (Å²) in [6.07, 6.45) is 5.51. The maximum Gasteiger partial charge on any atom is 0.243 e. The van der Waals surface area contributed by atoms with Gasteiger partial charge < -0.3 is 24.8 Å². The number of pyridine rings is 1. The number of fused-ring (bicyclic) bond motifs is 1. The van der Waals surface area contributed by atoms with Crippen molar-refractivity contribution in [2.75, 3.05) is 32.8 Å². The van der Waals surface area contributed by atoms with Crippen molar-refractivity contribution in [2.24, 2.45) is 0 Å². The molecule has 9 heteroatoms. The van der Waals surface area contributed by atoms with Crippen LogP contribution < -0.4 is 20.1 Å². The van der Waals surface area contributed by atoms with Crippen LogP contribution in [0.15, 0.2) is 43.2 Å². The molecule has 1 aliphatic rings. The molecule has 172 valence electrons. The second-order valence-electron chi connectivity index (χ2n) is 7.64. The molecule has 1 amide bonds. The molecule has 2 N–H and O–H groups in total. The van der Waals surface area contributed by atoms with Crippen molar-refractivity contribution in [2.45, 2.75) is 25.4 Å². The lowest BCUT2D eigenvalue weighted by atomic mass is 9.99. The zero-order chi connectivity index (χ0) is 23.4. The van der Waals surface area contributed by atoms with Crippen molar-refractivity contribution < 1.29 is 19.0 Å². The largest absolute Gasteiger partial charge is 0.497 e. The van der Waals surface area contributed by atoms with E-state index in [9.17, 15) is 4.79 Å². The first-order valence-corrected chi connectivity index (χ1v) is 10.7. The Kier molecular flexibility index (Phi) is 6.69. The summed E-state index contributed by atoms with van der Waals surface area (Å²) in [6, 6.07) is 5.46. The highest BCUT2D eigenvalue weighted by molar-refractivity contribution is 5.87. The maximum atomic E-state index is 11.6. The van der Waals surface area contributed by atoms with Crippen molar-refractivity contribution in [3.05, 3.63) is 48.8 Å². The molecule has 1 saturated heterocycles. The number of hydrogen-bond donors (Lipinski definition) is 2. The molecular formula is C24H27N5O4. The summed E-state index contributed by atoms with van der Waals surface area (Å²) in [7, 11) is 3.28. The minimum absolute atomic E-state index is 0.144. The van der Waals surface area contributed by atoms with Gasteiger partial charge in [0.2, 0.25) is 11.9 Å². The van der Waals surface area contributed by atoms with Gasteiger partial charge in [-0.15, -0.1) is 0 Å². The number of ether oxygens (including phenoxy) is 3. The highest BCUT2D eigenvalue weighted by atomic mass is 16.5. The molecule has 0 bridgehead atoms. The first-order valence-electron chi connectivity index (χ1n) is 10.7. The molecular weight excluding hydrogens is 422 g/mol. The Balaban J connectivity index is 1.61. The lowest BCUT2D eigenvalue weighted by molar-refractivity contribution is -0.117. The molecule has 3 aromatic rings. The summed E-state index contributed by atoms with van der Waals surface area (Å²) < 4.78 is 16.5. The summed E-state index contributed by atoms with van der Waals surface area (Å²) in [5.74, 6) is 1.67. The number of aromatic nitrogens is 3. The van der Waals surface area contributed by atoms with Gasteiger partial charge in [-0.1, -0.05) is 13.5 Å². The number of benzene rings is 1. The van der Waals surface area contributed by atoms with Crippen LogP contribution in [0.2, 0.25) is 0 Å². The summed E-state index contributed by atoms with van der Waals surface area (Å²) >= 11 is 0. The Morgan fingerprint density at radius 3 is 2.73 bits per heavy atom. The second kappa shape index (κ2) is 9.83. The van der Waals surface area contributed by atoms with Gasteiger partial charge in [0.1, 0.15) is 11.5 Å². The molecule has 3 heterocycles. The molecule has 2 unspecified atom stereocenters. The van der Waals surface area contributed by atoms with Crippen molar-refractivity contribution in [1.82, 2.24) is 20.3 Å². The third-order valence-electron chi connectivity index (χ3n) is 5.64. The molecule has 0 aliphatic carbocycles. The van der Waals surface area contributed by atoms with Crippen molar-refractivity contribution in [1.29, 1.82) is 0 Å². The van der Waals surface area contributed by atoms with Gasteiger partial charge in [-0.3, -0.25) is 9.78 Å². The van der Waals surface area contributed by atoms with E-state index < -0.39 is 0 Å². The maximum absolute atomic E-state index is 11.6. The summed E-state index contributed by atoms with van der Waals surface area (Å²) in [5, 5.41) is 6.96. The monoisotopic (exact) mass is 449 g/mol. The zero-order valence-electron chi connectivity index (χ0n) is 18.9. The van der Waals surface area contributed by atoms with E-state index in [2.05, 4.69) is 39.1 Å². The predicted octanol–water partition coefficient (Wildman–Crippen LogP) is 2.75. The summed E-state index contributed by atoms with van der Waals surface area (Å²) in [4.78, 5) is 25.4. The van der Waals surface area contributed by atoms with Crippen LogP contribution in [-0.2, 0) is 16.0 Å². The van der Waals surface area contributed by atoms with Gasteiger partial charge in [0.15, 0.2) is 0 Å². The first-order chi connectivity index (χ1) is 16.1. The van der Waals surface area contributed by atoms with Crippen molar-refractivity contribution in [3.63, 3.8) is 0 Å². The number of carbonyl (C=O) groups excluding carboxylic acids is 1. The molecule has 4 rings (SSSR count). The Morgan fingerprint density at radius 2 is 2.00 bits per heavy atom. The van der Waals surface area contributed by atoms with Crippen molar-refractivity contribution >= 4 is 22.8 Å². The molecule has 1 aliphatic heterocycles. The summed E-state index contributed by atoms with van der Waals surface area (Å²) in [6.45, 7) is 6.42. The number of hydrogen-bond acceptors (Lipinski definition) is 8. The lowest BCUT2D eigenvalue weighted by Crippen LogP contribution is -2.45. The topological polar surface area (TPSA) is 107 Å². The number of nitrogens with zero attached hydrogens (tertiary/aromatic N) is 3. The Labute approximate surface area is 192 Å². The normalized spacial score (nSPS) is 17.5. The van der Waals surface area contributed by atoms with Crippen LogP contribution in [0, 0.1) is 0 Å². The van der Waals surface area contributed by atoms with E-state index in [0.29, 0.717) is 30.4 Å². The van der Waals surface area contributed by atoms with Crippen LogP contribution >= 0.6 is 0 Å². The zero-order valence-corrected chi connectivity index (χ0v) is 18.9. The average molecular weight is 450 g/mol. The quantitative estimate of drug-likeness (QED) is 0.506. The molecule has 0 spiro atoms. The van der Waals surface area contributed by atoms with Crippen LogP contribution in [-0.4, -0.2) is 60.4 Å². The molecule has 2 atom stereocenters. The van der Waals surface area contributed by atoms with E-state index >= 15 is 0 Å². The minimum Gasteiger partial charge on any atom is -0.497 e. The number of anilines is 1. The fraction of sp³-hybridized carbons (Fsp3) is 0.333. The highest BCUT2D eigenvalue weighted by Gasteiger charge is 2.29. The number of nitrogens with one attached hydrogen (secondary N) is 2. The van der Waals surface area contributed by atoms with Gasteiger partial charge in [0, 0.05) is 28.8 Å². The first kappa shape index (κ1) is 22.5. The Morgan fingerprint density at radius 1 is 1.18 bits per heavy atom. The Bertz CT molecular complexity index is 1180. The lowest BCUT2D eigenvalue weighted by Gasteiger charge is -2.19. The van der Waals surface area contributed by atoms with Crippen LogP contribution in [0.25, 0.3) is 22.2 Å². The molecule has 0 radical (unpaired) electrons. The van der Waals surface area contributed by atoms with Crippen LogP contribution in [0.5, 0.6) is 11.5 Å². The van der Waals surface area contributed by atoms with Crippen LogP contribution in [0.3, 0.4) is 0 Å². The van der Waals surface area contributed by atoms with E-state index in [1.54, 1.807) is 26.6 Å². The second-order valence-corrected chi connectivity index (χ2v) is 7.64. The number of methoxy groups -OCH3 is 2. The van der Waals surface area contributed by atoms with E-state index in [-0.39, 0.29) is 18.0 Å². The van der Waals surface area contributed by atoms with Crippen LogP contribution in [0.4, 0.5) is 5.95 Å². The van der Waals surface area contributed by atoms with Gasteiger partial charge in [0.25, 0.3) is 0 Å². The highest BCUT2D eigenvalue weighted by Crippen LogP contribution is 2.35. The van der Waals surface area contributed by atoms with Gasteiger partial charge in [-0.2, -0.15) is 0 Å². The number of amides is 1. The molecule has 9 nitrogen and oxygen atoms in total. The standard InChI is InChI=1S/C24H27N5O4/c1-5-16-17(8-15(31-3)9-22(16)32-4)18-7-14-10-26-24(28-19(14)11-25-18)29-21-13-33-12-20(21)27-23(30)6-2/h6-11,20-21H,2,5,12-13H2,1,3-4H3,(H,27,30)(H,26,28,29). The molecule has 33 heavy (non-hydrogen) atoms. The molecule has 1 fully saturated rings. The predicted molar refractivity (Wildman–Crippen MR) is 126 cm³/mol. The van der Waals surface area contributed by atoms with E-state index in [1.165, 1.54) is 6.08 Å². The number of rotatable bonds is 8. The van der Waals surface area contributed by atoms with Gasteiger partial charge in [0.05, 0.1) is 56.9 Å². The summed E-state index contributed by atoms with van der Waals surface area (Å²) in [5.41, 5.74) is 3.49. The molecule has 1 aromatic carbocycles. The smallest absolute Gasteiger partial charge is 0.243 e. The van der Waals surface area contributed by atoms with Gasteiger partial charge in [-0.25, -0.2) is 9.97 Å².